The predicted octanol–water partition coefficient (Wildman–Crippen LogP) is 3.94. The van der Waals surface area contributed by atoms with E-state index in [1.807, 2.05) is 24.3 Å². The first-order valence-electron chi connectivity index (χ1n) is 7.04. The topological polar surface area (TPSA) is 53.4 Å². The van der Waals surface area contributed by atoms with E-state index in [0.29, 0.717) is 10.8 Å². The fraction of sp³-hybridized carbons (Fsp3) is 0.267. The van der Waals surface area contributed by atoms with Gasteiger partial charge in [-0.2, -0.15) is 10.1 Å². The third kappa shape index (κ3) is 3.75. The molecule has 1 saturated heterocycles. The first kappa shape index (κ1) is 15.2. The lowest BCUT2D eigenvalue weighted by Crippen LogP contribution is -2.20. The van der Waals surface area contributed by atoms with E-state index >= 15 is 0 Å². The maximum Gasteiger partial charge on any atom is 0.227 e. The second-order valence-corrected chi connectivity index (χ2v) is 6.27. The molecule has 0 unspecified atom stereocenters. The number of hydrogen-bond donors (Lipinski definition) is 1. The second kappa shape index (κ2) is 7.07. The van der Waals surface area contributed by atoms with E-state index in [9.17, 15) is 0 Å². The molecule has 0 atom stereocenters. The average Bonchev–Trinajstić information content (AvgIpc) is 3.05. The number of hydrogen-bond acceptors (Lipinski definition) is 5. The highest BCUT2D eigenvalue weighted by Crippen LogP contribution is 2.23. The molecule has 3 rings (SSSR count). The lowest BCUT2D eigenvalue weighted by Gasteiger charge is -2.15. The zero-order valence-electron chi connectivity index (χ0n) is 11.8. The molecule has 7 heteroatoms. The Kier molecular flexibility index (Phi) is 4.90. The van der Waals surface area contributed by atoms with Gasteiger partial charge in [0, 0.05) is 24.3 Å². The zero-order chi connectivity index (χ0) is 15.4. The Morgan fingerprint density at radius 1 is 1.23 bits per heavy atom. The molecule has 0 spiro atoms. The molecule has 1 aromatic carbocycles. The molecule has 1 aliphatic heterocycles. The zero-order valence-corrected chi connectivity index (χ0v) is 14.2. The standard InChI is InChI=1S/C15H15BrClN5/c16-13-10-18-15(22-7-1-2-8-22)20-14(13)21-19-9-11-3-5-12(17)6-4-11/h3-6,9-10H,1-2,7-8H2,(H,18,20,21). The van der Waals surface area contributed by atoms with Crippen LogP contribution in [-0.4, -0.2) is 29.3 Å². The lowest BCUT2D eigenvalue weighted by atomic mass is 10.2. The van der Waals surface area contributed by atoms with Crippen LogP contribution in [0.1, 0.15) is 18.4 Å². The van der Waals surface area contributed by atoms with Crippen LogP contribution in [0.25, 0.3) is 0 Å². The summed E-state index contributed by atoms with van der Waals surface area (Å²) in [5, 5.41) is 4.92. The molecule has 0 bridgehead atoms. The van der Waals surface area contributed by atoms with Gasteiger partial charge in [0.1, 0.15) is 0 Å². The molecule has 0 amide bonds. The SMILES string of the molecule is Clc1ccc(C=NNc2nc(N3CCCC3)ncc2Br)cc1. The number of aromatic nitrogens is 2. The van der Waals surface area contributed by atoms with Crippen LogP contribution < -0.4 is 10.3 Å². The van der Waals surface area contributed by atoms with Crippen LogP contribution >= 0.6 is 27.5 Å². The van der Waals surface area contributed by atoms with Crippen molar-refractivity contribution in [2.45, 2.75) is 12.8 Å². The minimum Gasteiger partial charge on any atom is -0.341 e. The van der Waals surface area contributed by atoms with Crippen molar-refractivity contribution in [1.82, 2.24) is 9.97 Å². The molecular formula is C15H15BrClN5. The number of nitrogens with zero attached hydrogens (tertiary/aromatic N) is 4. The van der Waals surface area contributed by atoms with Gasteiger partial charge in [0.15, 0.2) is 5.82 Å². The van der Waals surface area contributed by atoms with Gasteiger partial charge in [-0.05, 0) is 46.5 Å². The smallest absolute Gasteiger partial charge is 0.227 e. The van der Waals surface area contributed by atoms with Crippen molar-refractivity contribution in [3.63, 3.8) is 0 Å². The van der Waals surface area contributed by atoms with E-state index in [-0.39, 0.29) is 0 Å². The monoisotopic (exact) mass is 379 g/mol. The van der Waals surface area contributed by atoms with Crippen LogP contribution in [0.3, 0.4) is 0 Å². The van der Waals surface area contributed by atoms with Crippen molar-refractivity contribution in [3.05, 3.63) is 45.5 Å². The molecule has 1 aromatic heterocycles. The number of anilines is 2. The number of benzene rings is 1. The van der Waals surface area contributed by atoms with Crippen molar-refractivity contribution in [3.8, 4) is 0 Å². The highest BCUT2D eigenvalue weighted by Gasteiger charge is 2.16. The van der Waals surface area contributed by atoms with E-state index in [1.165, 1.54) is 12.8 Å². The van der Waals surface area contributed by atoms with Crippen molar-refractivity contribution < 1.29 is 0 Å². The van der Waals surface area contributed by atoms with Crippen LogP contribution in [0.15, 0.2) is 40.0 Å². The molecule has 5 nitrogen and oxygen atoms in total. The summed E-state index contributed by atoms with van der Waals surface area (Å²) in [4.78, 5) is 11.1. The third-order valence-electron chi connectivity index (χ3n) is 3.37. The summed E-state index contributed by atoms with van der Waals surface area (Å²) >= 11 is 9.29. The summed E-state index contributed by atoms with van der Waals surface area (Å²) in [6, 6.07) is 7.46. The van der Waals surface area contributed by atoms with Crippen LogP contribution in [-0.2, 0) is 0 Å². The first-order chi connectivity index (χ1) is 10.7. The van der Waals surface area contributed by atoms with E-state index in [0.717, 1.165) is 29.1 Å². The highest BCUT2D eigenvalue weighted by molar-refractivity contribution is 9.10. The molecule has 0 aliphatic carbocycles. The summed E-state index contributed by atoms with van der Waals surface area (Å²) in [6.45, 7) is 2.02. The minimum absolute atomic E-state index is 0.655. The number of nitrogens with one attached hydrogen (secondary N) is 1. The lowest BCUT2D eigenvalue weighted by molar-refractivity contribution is 0.896. The van der Waals surface area contributed by atoms with Crippen LogP contribution in [0, 0.1) is 0 Å². The van der Waals surface area contributed by atoms with Crippen molar-refractivity contribution in [2.75, 3.05) is 23.4 Å². The summed E-state index contributed by atoms with van der Waals surface area (Å²) in [5.74, 6) is 1.40. The van der Waals surface area contributed by atoms with E-state index in [2.05, 4.69) is 41.3 Å². The predicted molar refractivity (Wildman–Crippen MR) is 93.8 cm³/mol. The Labute approximate surface area is 142 Å². The Bertz CT molecular complexity index is 668. The van der Waals surface area contributed by atoms with Crippen molar-refractivity contribution in [1.29, 1.82) is 0 Å². The average molecular weight is 381 g/mol. The largest absolute Gasteiger partial charge is 0.341 e. The van der Waals surface area contributed by atoms with Gasteiger partial charge in [-0.25, -0.2) is 4.98 Å². The maximum atomic E-state index is 5.85. The van der Waals surface area contributed by atoms with Gasteiger partial charge in [0.05, 0.1) is 10.7 Å². The van der Waals surface area contributed by atoms with E-state index in [1.54, 1.807) is 12.4 Å². The molecule has 114 valence electrons. The van der Waals surface area contributed by atoms with Crippen LogP contribution in [0.5, 0.6) is 0 Å². The Hall–Kier alpha value is -1.66. The molecule has 22 heavy (non-hydrogen) atoms. The molecule has 1 N–H and O–H groups in total. The molecular weight excluding hydrogens is 366 g/mol. The molecule has 0 saturated carbocycles. The molecule has 2 heterocycles. The van der Waals surface area contributed by atoms with Gasteiger partial charge in [-0.15, -0.1) is 0 Å². The quantitative estimate of drug-likeness (QED) is 0.645. The number of halogens is 2. The summed E-state index contributed by atoms with van der Waals surface area (Å²) < 4.78 is 0.781. The summed E-state index contributed by atoms with van der Waals surface area (Å²) in [7, 11) is 0. The summed E-state index contributed by atoms with van der Waals surface area (Å²) in [5.41, 5.74) is 3.91. The number of hydrazone groups is 1. The minimum atomic E-state index is 0.655. The Morgan fingerprint density at radius 2 is 1.95 bits per heavy atom. The van der Waals surface area contributed by atoms with Gasteiger partial charge in [0.2, 0.25) is 5.95 Å². The highest BCUT2D eigenvalue weighted by atomic mass is 79.9. The van der Waals surface area contributed by atoms with Crippen LogP contribution in [0.4, 0.5) is 11.8 Å². The number of rotatable bonds is 4. The van der Waals surface area contributed by atoms with E-state index in [4.69, 9.17) is 11.6 Å². The van der Waals surface area contributed by atoms with Gasteiger partial charge in [0.25, 0.3) is 0 Å². The third-order valence-corrected chi connectivity index (χ3v) is 4.21. The van der Waals surface area contributed by atoms with Crippen molar-refractivity contribution in [2.24, 2.45) is 5.10 Å². The second-order valence-electron chi connectivity index (χ2n) is 4.98. The van der Waals surface area contributed by atoms with Gasteiger partial charge in [-0.3, -0.25) is 5.43 Å². The fourth-order valence-electron chi connectivity index (χ4n) is 2.22. The normalized spacial score (nSPS) is 14.7. The fourth-order valence-corrected chi connectivity index (χ4v) is 2.63. The van der Waals surface area contributed by atoms with Gasteiger partial charge in [-0.1, -0.05) is 23.7 Å². The van der Waals surface area contributed by atoms with Crippen LogP contribution in [0.2, 0.25) is 5.02 Å². The Balaban J connectivity index is 1.71. The van der Waals surface area contributed by atoms with Crippen molar-refractivity contribution >= 4 is 45.5 Å². The molecule has 0 radical (unpaired) electrons. The van der Waals surface area contributed by atoms with Gasteiger partial charge < -0.3 is 4.90 Å². The molecule has 1 aliphatic rings. The summed E-state index contributed by atoms with van der Waals surface area (Å²) in [6.07, 6.45) is 5.86. The molecule has 2 aromatic rings. The van der Waals surface area contributed by atoms with Gasteiger partial charge >= 0.3 is 0 Å². The maximum absolute atomic E-state index is 5.85. The Morgan fingerprint density at radius 3 is 2.68 bits per heavy atom. The van der Waals surface area contributed by atoms with E-state index < -0.39 is 0 Å². The molecule has 1 fully saturated rings. The first-order valence-corrected chi connectivity index (χ1v) is 8.21.